The van der Waals surface area contributed by atoms with Crippen molar-refractivity contribution in [3.05, 3.63) is 152 Å². The minimum Gasteiger partial charge on any atom is -0.494 e. The second kappa shape index (κ2) is 15.1. The molecule has 5 aromatic rings. The molecule has 1 heterocycles. The number of fused-ring (bicyclic) bond motifs is 1. The first-order valence-electron chi connectivity index (χ1n) is 15.5. The summed E-state index contributed by atoms with van der Waals surface area (Å²) in [5.74, 6) is 0.499. The third kappa shape index (κ3) is 7.05. The van der Waals surface area contributed by atoms with Crippen LogP contribution in [0, 0.1) is 0 Å². The number of amides is 1. The van der Waals surface area contributed by atoms with Gasteiger partial charge in [-0.2, -0.15) is 0 Å². The zero-order valence-corrected chi connectivity index (χ0v) is 27.5. The number of aliphatic hydroxyl groups excluding tert-OH is 1. The number of aliphatic imine (C=N–C) groups is 1. The predicted molar refractivity (Wildman–Crippen MR) is 189 cm³/mol. The number of hydrogen-bond acceptors (Lipinski definition) is 7. The number of rotatable bonds is 13. The Hall–Kier alpha value is -5.19. The zero-order valence-electron chi connectivity index (χ0n) is 25.9. The van der Waals surface area contributed by atoms with Crippen LogP contribution in [-0.2, 0) is 22.5 Å². The fraction of sp³-hybridized carbons (Fsp3) is 0.189. The molecule has 242 valence electrons. The molecule has 0 aliphatic carbocycles. The standard InChI is InChI=1S/C37H33BrN6O4/c38-32-15-5-4-14-31(32)34-37(23-27-10-2-6-16-33(27)42-44-39,41-35(48-34)26-17-19-29(20-18-26)47-22-8-21-45)36(46)43-40-24-28-12-7-11-25-9-1-3-13-30(25)28/h1-7,9-20,34,40,45H,8,21-24H2,(H,43,46)/t34-,37-/m0/s1. The molecular weight excluding hydrogens is 672 g/mol. The molecule has 6 rings (SSSR count). The van der Waals surface area contributed by atoms with Crippen molar-refractivity contribution >= 4 is 44.2 Å². The molecule has 0 unspecified atom stereocenters. The average molecular weight is 706 g/mol. The molecule has 1 aliphatic heterocycles. The number of aliphatic hydroxyl groups is 1. The summed E-state index contributed by atoms with van der Waals surface area (Å²) >= 11 is 3.67. The monoisotopic (exact) mass is 704 g/mol. The first-order valence-corrected chi connectivity index (χ1v) is 16.3. The highest BCUT2D eigenvalue weighted by atomic mass is 79.9. The summed E-state index contributed by atoms with van der Waals surface area (Å²) in [7, 11) is 0. The largest absolute Gasteiger partial charge is 0.494 e. The van der Waals surface area contributed by atoms with Gasteiger partial charge in [0.05, 0.1) is 6.61 Å². The molecular formula is C37H33BrN6O4. The van der Waals surface area contributed by atoms with Crippen LogP contribution in [0.1, 0.15) is 34.8 Å². The Bertz CT molecular complexity index is 1990. The molecule has 2 atom stereocenters. The minimum atomic E-state index is -1.53. The lowest BCUT2D eigenvalue weighted by Crippen LogP contribution is -2.53. The molecule has 5 aromatic carbocycles. The van der Waals surface area contributed by atoms with Crippen LogP contribution in [0.25, 0.3) is 21.2 Å². The SMILES string of the molecule is [N-]=[N+]=Nc1ccccc1C[C@]1(C(=O)NNCc2cccc3ccccc23)N=C(c2ccc(OCCCO)cc2)O[C@H]1c1ccccc1Br. The van der Waals surface area contributed by atoms with Gasteiger partial charge < -0.3 is 14.6 Å². The number of ether oxygens (including phenoxy) is 2. The van der Waals surface area contributed by atoms with Crippen LogP contribution in [-0.4, -0.2) is 35.7 Å². The Labute approximate surface area is 286 Å². The Balaban J connectivity index is 1.40. The quantitative estimate of drug-likeness (QED) is 0.0380. The molecule has 1 aliphatic rings. The summed E-state index contributed by atoms with van der Waals surface area (Å²) < 4.78 is 13.1. The van der Waals surface area contributed by atoms with Gasteiger partial charge in [0, 0.05) is 52.2 Å². The van der Waals surface area contributed by atoms with Gasteiger partial charge in [-0.25, -0.2) is 10.4 Å². The van der Waals surface area contributed by atoms with E-state index >= 15 is 0 Å². The van der Waals surface area contributed by atoms with Crippen molar-refractivity contribution in [1.82, 2.24) is 10.9 Å². The van der Waals surface area contributed by atoms with Gasteiger partial charge in [-0.1, -0.05) is 106 Å². The van der Waals surface area contributed by atoms with Gasteiger partial charge in [0.15, 0.2) is 11.6 Å². The Morgan fingerprint density at radius 2 is 1.69 bits per heavy atom. The highest BCUT2D eigenvalue weighted by molar-refractivity contribution is 9.10. The van der Waals surface area contributed by atoms with E-state index in [0.29, 0.717) is 42.1 Å². The molecule has 3 N–H and O–H groups in total. The third-order valence-electron chi connectivity index (χ3n) is 8.18. The maximum absolute atomic E-state index is 14.6. The van der Waals surface area contributed by atoms with Crippen LogP contribution in [0.4, 0.5) is 5.69 Å². The smallest absolute Gasteiger partial charge is 0.266 e. The van der Waals surface area contributed by atoms with Crippen molar-refractivity contribution in [2.45, 2.75) is 31.0 Å². The van der Waals surface area contributed by atoms with Crippen LogP contribution in [0.2, 0.25) is 0 Å². The van der Waals surface area contributed by atoms with Crippen molar-refractivity contribution in [2.24, 2.45) is 10.1 Å². The number of benzene rings is 5. The molecule has 10 nitrogen and oxygen atoms in total. The van der Waals surface area contributed by atoms with Crippen molar-refractivity contribution < 1.29 is 19.4 Å². The van der Waals surface area contributed by atoms with E-state index in [9.17, 15) is 10.3 Å². The van der Waals surface area contributed by atoms with Crippen LogP contribution in [0.15, 0.2) is 130 Å². The fourth-order valence-corrected chi connectivity index (χ4v) is 6.31. The predicted octanol–water partition coefficient (Wildman–Crippen LogP) is 7.63. The number of carbonyl (C=O) groups excluding carboxylic acids is 1. The number of hydrazine groups is 1. The molecule has 1 amide bonds. The summed E-state index contributed by atoms with van der Waals surface area (Å²) in [6.45, 7) is 0.799. The second-order valence-corrected chi connectivity index (χ2v) is 12.1. The topological polar surface area (TPSA) is 141 Å². The van der Waals surface area contributed by atoms with E-state index < -0.39 is 17.6 Å². The number of nitrogens with one attached hydrogen (secondary N) is 2. The number of hydrogen-bond donors (Lipinski definition) is 3. The zero-order chi connectivity index (χ0) is 33.3. The lowest BCUT2D eigenvalue weighted by molar-refractivity contribution is -0.130. The van der Waals surface area contributed by atoms with Crippen molar-refractivity contribution in [2.75, 3.05) is 13.2 Å². The van der Waals surface area contributed by atoms with Gasteiger partial charge in [-0.15, -0.1) is 0 Å². The van der Waals surface area contributed by atoms with Crippen LogP contribution >= 0.6 is 15.9 Å². The maximum Gasteiger partial charge on any atom is 0.266 e. The first-order chi connectivity index (χ1) is 23.5. The Morgan fingerprint density at radius 1 is 0.958 bits per heavy atom. The fourth-order valence-electron chi connectivity index (χ4n) is 5.82. The lowest BCUT2D eigenvalue weighted by atomic mass is 9.81. The molecule has 0 fully saturated rings. The number of nitrogens with zero attached hydrogens (tertiary/aromatic N) is 4. The van der Waals surface area contributed by atoms with E-state index in [4.69, 9.17) is 19.6 Å². The maximum atomic E-state index is 14.6. The number of azide groups is 1. The highest BCUT2D eigenvalue weighted by Gasteiger charge is 2.54. The van der Waals surface area contributed by atoms with E-state index in [1.54, 1.807) is 24.3 Å². The molecule has 11 heteroatoms. The molecule has 0 saturated carbocycles. The first kappa shape index (κ1) is 32.7. The van der Waals surface area contributed by atoms with Gasteiger partial charge in [0.1, 0.15) is 5.75 Å². The summed E-state index contributed by atoms with van der Waals surface area (Å²) in [5, 5.41) is 15.2. The molecule has 0 bridgehead atoms. The summed E-state index contributed by atoms with van der Waals surface area (Å²) in [5.41, 5.74) is 17.3. The van der Waals surface area contributed by atoms with E-state index in [2.05, 4.69) is 55.0 Å². The Morgan fingerprint density at radius 3 is 2.50 bits per heavy atom. The van der Waals surface area contributed by atoms with Gasteiger partial charge in [0.2, 0.25) is 5.90 Å². The Kier molecular flexibility index (Phi) is 10.3. The summed E-state index contributed by atoms with van der Waals surface area (Å²) in [4.78, 5) is 22.7. The number of halogens is 1. The average Bonchev–Trinajstić information content (AvgIpc) is 3.50. The lowest BCUT2D eigenvalue weighted by Gasteiger charge is -2.31. The van der Waals surface area contributed by atoms with Crippen molar-refractivity contribution in [3.8, 4) is 5.75 Å². The van der Waals surface area contributed by atoms with Gasteiger partial charge >= 0.3 is 0 Å². The molecule has 48 heavy (non-hydrogen) atoms. The molecule has 0 radical (unpaired) electrons. The third-order valence-corrected chi connectivity index (χ3v) is 8.90. The van der Waals surface area contributed by atoms with Crippen LogP contribution in [0.3, 0.4) is 0 Å². The van der Waals surface area contributed by atoms with E-state index in [1.807, 2.05) is 72.8 Å². The van der Waals surface area contributed by atoms with Gasteiger partial charge in [-0.3, -0.25) is 10.2 Å². The van der Waals surface area contributed by atoms with Crippen molar-refractivity contribution in [1.29, 1.82) is 0 Å². The van der Waals surface area contributed by atoms with Crippen LogP contribution < -0.4 is 15.6 Å². The summed E-state index contributed by atoms with van der Waals surface area (Å²) in [6, 6.07) is 36.1. The summed E-state index contributed by atoms with van der Waals surface area (Å²) in [6.07, 6.45) is -0.265. The molecule has 0 spiro atoms. The highest BCUT2D eigenvalue weighted by Crippen LogP contribution is 2.45. The van der Waals surface area contributed by atoms with Gasteiger partial charge in [-0.05, 0) is 57.8 Å². The van der Waals surface area contributed by atoms with Crippen molar-refractivity contribution in [3.63, 3.8) is 0 Å². The normalized spacial score (nSPS) is 16.9. The van der Waals surface area contributed by atoms with Crippen LogP contribution in [0.5, 0.6) is 5.75 Å². The molecule has 0 saturated heterocycles. The van der Waals surface area contributed by atoms with E-state index in [-0.39, 0.29) is 18.9 Å². The number of carbonyl (C=O) groups is 1. The minimum absolute atomic E-state index is 0.0446. The second-order valence-electron chi connectivity index (χ2n) is 11.3. The molecule has 0 aromatic heterocycles. The van der Waals surface area contributed by atoms with Gasteiger partial charge in [0.25, 0.3) is 5.91 Å². The van der Waals surface area contributed by atoms with E-state index in [1.165, 1.54) is 0 Å². The van der Waals surface area contributed by atoms with E-state index in [0.717, 1.165) is 26.4 Å².